The molecule has 1 saturated heterocycles. The number of aliphatic carboxylic acids is 4. The number of hydrogen-bond acceptors (Lipinski definition) is 10. The number of carbonyl (C=O) groups is 4. The van der Waals surface area contributed by atoms with Crippen LogP contribution >= 0.6 is 11.8 Å². The second kappa shape index (κ2) is 15.9. The van der Waals surface area contributed by atoms with Crippen molar-refractivity contribution in [2.45, 2.75) is 17.4 Å². The van der Waals surface area contributed by atoms with Gasteiger partial charge < -0.3 is 20.4 Å². The zero-order valence-electron chi connectivity index (χ0n) is 20.9. The molecule has 38 heavy (non-hydrogen) atoms. The fourth-order valence-electron chi connectivity index (χ4n) is 4.37. The molecular weight excluding hydrogens is 518 g/mol. The van der Waals surface area contributed by atoms with Gasteiger partial charge in [0.25, 0.3) is 0 Å². The first-order valence-corrected chi connectivity index (χ1v) is 12.8. The van der Waals surface area contributed by atoms with E-state index in [1.807, 2.05) is 17.5 Å². The highest BCUT2D eigenvalue weighted by molar-refractivity contribution is 8.03. The number of nitriles is 1. The largest absolute Gasteiger partial charge is 0.480 e. The van der Waals surface area contributed by atoms with Gasteiger partial charge in [0.05, 0.1) is 26.2 Å². The number of carboxylic acid groups (broad SMARTS) is 4. The quantitative estimate of drug-likeness (QED) is 0.208. The fraction of sp³-hybridized carbons (Fsp3) is 0.542. The van der Waals surface area contributed by atoms with Crippen LogP contribution in [0, 0.1) is 10.7 Å². The Hall–Kier alpha value is -3.22. The Morgan fingerprint density at radius 3 is 1.66 bits per heavy atom. The van der Waals surface area contributed by atoms with Gasteiger partial charge in [-0.1, -0.05) is 12.1 Å². The first kappa shape index (κ1) is 31.0. The van der Waals surface area contributed by atoms with E-state index >= 15 is 0 Å². The summed E-state index contributed by atoms with van der Waals surface area (Å²) in [5, 5.41) is 48.7. The van der Waals surface area contributed by atoms with Gasteiger partial charge in [0, 0.05) is 56.8 Å². The van der Waals surface area contributed by atoms with Crippen molar-refractivity contribution in [3.05, 3.63) is 29.8 Å². The molecule has 1 aromatic carbocycles. The minimum atomic E-state index is -1.06. The third-order valence-electron chi connectivity index (χ3n) is 6.13. The highest BCUT2D eigenvalue weighted by Crippen LogP contribution is 2.19. The lowest BCUT2D eigenvalue weighted by atomic mass is 10.0. The molecule has 1 aromatic rings. The molecule has 1 fully saturated rings. The van der Waals surface area contributed by atoms with Crippen LogP contribution in [0.5, 0.6) is 0 Å². The third-order valence-corrected chi connectivity index (χ3v) is 6.73. The molecule has 4 N–H and O–H groups in total. The van der Waals surface area contributed by atoms with Gasteiger partial charge in [0.15, 0.2) is 0 Å². The van der Waals surface area contributed by atoms with Crippen molar-refractivity contribution >= 4 is 35.6 Å². The molecule has 14 heteroatoms. The third kappa shape index (κ3) is 11.9. The molecule has 1 aliphatic heterocycles. The van der Waals surface area contributed by atoms with Crippen LogP contribution in [-0.2, 0) is 25.6 Å². The molecule has 0 saturated carbocycles. The number of benzene rings is 1. The van der Waals surface area contributed by atoms with E-state index in [1.54, 1.807) is 31.7 Å². The normalized spacial score (nSPS) is 19.1. The summed E-state index contributed by atoms with van der Waals surface area (Å²) in [7, 11) is 0. The minimum Gasteiger partial charge on any atom is -0.480 e. The Labute approximate surface area is 224 Å². The van der Waals surface area contributed by atoms with Gasteiger partial charge in [-0.05, 0) is 35.9 Å². The van der Waals surface area contributed by atoms with Crippen LogP contribution in [0.25, 0.3) is 0 Å². The van der Waals surface area contributed by atoms with Crippen LogP contribution in [0.15, 0.2) is 29.2 Å². The summed E-state index contributed by atoms with van der Waals surface area (Å²) in [4.78, 5) is 53.7. The van der Waals surface area contributed by atoms with Crippen molar-refractivity contribution in [3.63, 3.8) is 0 Å². The Balaban J connectivity index is 2.39. The average molecular weight is 552 g/mol. The summed E-state index contributed by atoms with van der Waals surface area (Å²) in [6.45, 7) is 0.451. The van der Waals surface area contributed by atoms with Gasteiger partial charge in [0.2, 0.25) is 0 Å². The fourth-order valence-corrected chi connectivity index (χ4v) is 4.75. The lowest BCUT2D eigenvalue weighted by Gasteiger charge is -2.37. The molecule has 1 heterocycles. The molecular formula is C24H33N5O8S. The standard InChI is InChI=1S/C24H33N5O8S/c25-17-38-20-3-1-18(2-4-20)11-19-12-28(15-23(34)35)8-7-26(13-21(30)31)5-6-27(14-22(32)33)9-10-29(19)16-24(36)37/h1-4,19H,5-16H2,(H,30,31)(H,32,33)(H,34,35)(H,36,37)/t19-/m0/s1. The highest BCUT2D eigenvalue weighted by atomic mass is 32.2. The monoisotopic (exact) mass is 551 g/mol. The van der Waals surface area contributed by atoms with E-state index in [2.05, 4.69) is 0 Å². The topological polar surface area (TPSA) is 186 Å². The van der Waals surface area contributed by atoms with Crippen molar-refractivity contribution in [3.8, 4) is 5.40 Å². The molecule has 1 aliphatic rings. The lowest BCUT2D eigenvalue weighted by Crippen LogP contribution is -2.53. The molecule has 0 bridgehead atoms. The molecule has 2 rings (SSSR count). The number of nitrogens with zero attached hydrogens (tertiary/aromatic N) is 5. The van der Waals surface area contributed by atoms with Crippen molar-refractivity contribution < 1.29 is 39.6 Å². The summed E-state index contributed by atoms with van der Waals surface area (Å²) in [6, 6.07) is 6.81. The van der Waals surface area contributed by atoms with Crippen LogP contribution in [0.2, 0.25) is 0 Å². The molecule has 13 nitrogen and oxygen atoms in total. The van der Waals surface area contributed by atoms with E-state index in [4.69, 9.17) is 5.26 Å². The number of rotatable bonds is 11. The summed E-state index contributed by atoms with van der Waals surface area (Å²) in [6.07, 6.45) is 0.388. The first-order chi connectivity index (χ1) is 18.0. The smallest absolute Gasteiger partial charge is 0.317 e. The summed E-state index contributed by atoms with van der Waals surface area (Å²) < 4.78 is 0. The summed E-state index contributed by atoms with van der Waals surface area (Å²) >= 11 is 1.02. The van der Waals surface area contributed by atoms with E-state index in [0.717, 1.165) is 22.2 Å². The van der Waals surface area contributed by atoms with Crippen molar-refractivity contribution in [2.24, 2.45) is 0 Å². The van der Waals surface area contributed by atoms with Gasteiger partial charge >= 0.3 is 23.9 Å². The maximum Gasteiger partial charge on any atom is 0.317 e. The number of thiocyanates is 1. The van der Waals surface area contributed by atoms with Gasteiger partial charge in [-0.2, -0.15) is 5.26 Å². The predicted octanol–water partition coefficient (Wildman–Crippen LogP) is -0.269. The molecule has 0 aliphatic carbocycles. The maximum absolute atomic E-state index is 11.8. The van der Waals surface area contributed by atoms with Crippen molar-refractivity contribution in [1.29, 1.82) is 5.26 Å². The van der Waals surface area contributed by atoms with Crippen molar-refractivity contribution in [2.75, 3.05) is 72.0 Å². The molecule has 1 atom stereocenters. The Morgan fingerprint density at radius 2 is 1.18 bits per heavy atom. The molecule has 0 spiro atoms. The van der Waals surface area contributed by atoms with E-state index in [0.29, 0.717) is 6.42 Å². The molecule has 0 unspecified atom stereocenters. The Kier molecular flexibility index (Phi) is 13.0. The Bertz CT molecular complexity index is 1000. The minimum absolute atomic E-state index is 0.202. The second-order valence-electron chi connectivity index (χ2n) is 9.03. The van der Waals surface area contributed by atoms with Gasteiger partial charge in [-0.25, -0.2) is 0 Å². The lowest BCUT2D eigenvalue weighted by molar-refractivity contribution is -0.142. The van der Waals surface area contributed by atoms with E-state index in [1.165, 1.54) is 0 Å². The van der Waals surface area contributed by atoms with Crippen LogP contribution in [0.4, 0.5) is 0 Å². The van der Waals surface area contributed by atoms with Gasteiger partial charge in [-0.3, -0.25) is 38.8 Å². The zero-order valence-corrected chi connectivity index (χ0v) is 21.8. The van der Waals surface area contributed by atoms with Crippen LogP contribution in [0.3, 0.4) is 0 Å². The van der Waals surface area contributed by atoms with Gasteiger partial charge in [-0.15, -0.1) is 0 Å². The summed E-state index contributed by atoms with van der Waals surface area (Å²) in [5.41, 5.74) is 0.866. The van der Waals surface area contributed by atoms with Crippen LogP contribution in [-0.4, -0.2) is 142 Å². The van der Waals surface area contributed by atoms with E-state index in [9.17, 15) is 39.6 Å². The Morgan fingerprint density at radius 1 is 0.737 bits per heavy atom. The zero-order chi connectivity index (χ0) is 28.1. The van der Waals surface area contributed by atoms with Crippen LogP contribution < -0.4 is 0 Å². The number of thioether (sulfide) groups is 1. The van der Waals surface area contributed by atoms with Gasteiger partial charge in [0.1, 0.15) is 5.40 Å². The number of hydrogen-bond donors (Lipinski definition) is 4. The molecule has 208 valence electrons. The second-order valence-corrected chi connectivity index (χ2v) is 9.89. The molecule has 0 radical (unpaired) electrons. The SMILES string of the molecule is N#CSc1ccc(C[C@H]2CN(CC(=O)O)CCN(CC(=O)O)CCN(CC(=O)O)CCN2CC(=O)O)cc1. The average Bonchev–Trinajstić information content (AvgIpc) is 2.82. The molecule has 0 aromatic heterocycles. The first-order valence-electron chi connectivity index (χ1n) is 12.0. The number of carboxylic acids is 4. The molecule has 0 amide bonds. The van der Waals surface area contributed by atoms with E-state index < -0.39 is 29.9 Å². The highest BCUT2D eigenvalue weighted by Gasteiger charge is 2.27. The maximum atomic E-state index is 11.8. The van der Waals surface area contributed by atoms with E-state index in [-0.39, 0.29) is 72.0 Å². The van der Waals surface area contributed by atoms with Crippen molar-refractivity contribution in [1.82, 2.24) is 19.6 Å². The van der Waals surface area contributed by atoms with Crippen LogP contribution in [0.1, 0.15) is 5.56 Å². The summed E-state index contributed by atoms with van der Waals surface area (Å²) in [5.74, 6) is -4.22. The predicted molar refractivity (Wildman–Crippen MR) is 137 cm³/mol.